The van der Waals surface area contributed by atoms with Crippen LogP contribution >= 0.6 is 11.6 Å². The maximum absolute atomic E-state index is 12.7. The lowest BCUT2D eigenvalue weighted by Gasteiger charge is -2.36. The highest BCUT2D eigenvalue weighted by Gasteiger charge is 2.22. The summed E-state index contributed by atoms with van der Waals surface area (Å²) in [5.74, 6) is 1.38. The number of nitrogens with zero attached hydrogens (tertiary/aromatic N) is 2. The van der Waals surface area contributed by atoms with Gasteiger partial charge >= 0.3 is 6.03 Å². The number of carbonyl (C=O) groups excluding carboxylic acids is 1. The number of piperazine rings is 1. The Morgan fingerprint density at radius 3 is 2.48 bits per heavy atom. The summed E-state index contributed by atoms with van der Waals surface area (Å²) in [4.78, 5) is 16.7. The number of ether oxygens (including phenoxy) is 2. The maximum Gasteiger partial charge on any atom is 0.322 e. The second-order valence-electron chi connectivity index (χ2n) is 6.41. The molecule has 0 aromatic heterocycles. The van der Waals surface area contributed by atoms with Crippen LogP contribution < -0.4 is 19.7 Å². The monoisotopic (exact) mass is 389 g/mol. The first-order chi connectivity index (χ1) is 13.0. The largest absolute Gasteiger partial charge is 0.497 e. The van der Waals surface area contributed by atoms with Gasteiger partial charge in [0.2, 0.25) is 0 Å². The average molecular weight is 390 g/mol. The number of carbonyl (C=O) groups is 1. The van der Waals surface area contributed by atoms with E-state index in [-0.39, 0.29) is 6.03 Å². The van der Waals surface area contributed by atoms with E-state index in [0.717, 1.165) is 30.1 Å². The molecule has 1 aliphatic heterocycles. The smallest absolute Gasteiger partial charge is 0.322 e. The molecule has 3 rings (SSSR count). The quantitative estimate of drug-likeness (QED) is 0.858. The van der Waals surface area contributed by atoms with Crippen LogP contribution in [0.15, 0.2) is 36.4 Å². The first kappa shape index (κ1) is 19.2. The number of aryl methyl sites for hydroxylation is 1. The predicted octanol–water partition coefficient (Wildman–Crippen LogP) is 4.02. The van der Waals surface area contributed by atoms with Gasteiger partial charge in [-0.05, 0) is 30.7 Å². The van der Waals surface area contributed by atoms with E-state index >= 15 is 0 Å². The molecule has 0 radical (unpaired) electrons. The fourth-order valence-corrected chi connectivity index (χ4v) is 3.25. The number of methoxy groups -OCH3 is 2. The molecule has 2 aromatic rings. The minimum Gasteiger partial charge on any atom is -0.497 e. The molecule has 2 amide bonds. The Morgan fingerprint density at radius 1 is 1.07 bits per heavy atom. The van der Waals surface area contributed by atoms with Gasteiger partial charge in [-0.2, -0.15) is 0 Å². The van der Waals surface area contributed by atoms with E-state index < -0.39 is 0 Å². The second kappa shape index (κ2) is 8.39. The van der Waals surface area contributed by atoms with Gasteiger partial charge in [0.15, 0.2) is 0 Å². The fourth-order valence-electron chi connectivity index (χ4n) is 3.10. The van der Waals surface area contributed by atoms with Crippen molar-refractivity contribution in [2.45, 2.75) is 6.92 Å². The van der Waals surface area contributed by atoms with Crippen molar-refractivity contribution < 1.29 is 14.3 Å². The van der Waals surface area contributed by atoms with Crippen molar-refractivity contribution >= 4 is 29.0 Å². The summed E-state index contributed by atoms with van der Waals surface area (Å²) in [6, 6.07) is 11.4. The Hall–Kier alpha value is -2.60. The Kier molecular flexibility index (Phi) is 5.96. The van der Waals surface area contributed by atoms with Gasteiger partial charge in [0, 0.05) is 49.0 Å². The fraction of sp³-hybridized carbons (Fsp3) is 0.350. The highest BCUT2D eigenvalue weighted by Crippen LogP contribution is 2.31. The zero-order valence-electron chi connectivity index (χ0n) is 15.8. The lowest BCUT2D eigenvalue weighted by molar-refractivity contribution is 0.208. The highest BCUT2D eigenvalue weighted by atomic mass is 35.5. The number of benzene rings is 2. The topological polar surface area (TPSA) is 54.0 Å². The van der Waals surface area contributed by atoms with Crippen molar-refractivity contribution in [2.75, 3.05) is 50.6 Å². The molecule has 27 heavy (non-hydrogen) atoms. The van der Waals surface area contributed by atoms with Crippen LogP contribution in [0.3, 0.4) is 0 Å². The van der Waals surface area contributed by atoms with Gasteiger partial charge in [-0.1, -0.05) is 17.7 Å². The first-order valence-electron chi connectivity index (χ1n) is 8.81. The number of amides is 2. The SMILES string of the molecule is COc1cccc(N2CCN(C(=O)Nc3cc(C)c(Cl)cc3OC)CC2)c1. The zero-order valence-corrected chi connectivity index (χ0v) is 16.5. The summed E-state index contributed by atoms with van der Waals surface area (Å²) in [7, 11) is 3.22. The van der Waals surface area contributed by atoms with Gasteiger partial charge in [-0.25, -0.2) is 4.79 Å². The van der Waals surface area contributed by atoms with Gasteiger partial charge in [-0.3, -0.25) is 0 Å². The minimum absolute atomic E-state index is 0.139. The number of hydrogen-bond donors (Lipinski definition) is 1. The van der Waals surface area contributed by atoms with E-state index in [2.05, 4.69) is 16.3 Å². The molecule has 1 N–H and O–H groups in total. The summed E-state index contributed by atoms with van der Waals surface area (Å²) in [5.41, 5.74) is 2.61. The van der Waals surface area contributed by atoms with Crippen LogP contribution in [0.1, 0.15) is 5.56 Å². The first-order valence-corrected chi connectivity index (χ1v) is 9.18. The Balaban J connectivity index is 1.63. The molecule has 144 valence electrons. The zero-order chi connectivity index (χ0) is 19.4. The van der Waals surface area contributed by atoms with Crippen LogP contribution in [0.5, 0.6) is 11.5 Å². The molecule has 0 unspecified atom stereocenters. The van der Waals surface area contributed by atoms with E-state index in [0.29, 0.717) is 29.5 Å². The van der Waals surface area contributed by atoms with Crippen LogP contribution in [-0.2, 0) is 0 Å². The summed E-state index contributed by atoms with van der Waals surface area (Å²) < 4.78 is 10.6. The maximum atomic E-state index is 12.7. The van der Waals surface area contributed by atoms with Gasteiger partial charge < -0.3 is 24.6 Å². The van der Waals surface area contributed by atoms with Crippen molar-refractivity contribution in [3.63, 3.8) is 0 Å². The Bertz CT molecular complexity index is 820. The molecule has 6 nitrogen and oxygen atoms in total. The number of halogens is 1. The molecule has 2 aromatic carbocycles. The Labute approximate surface area is 164 Å². The van der Waals surface area contributed by atoms with Crippen molar-refractivity contribution in [1.29, 1.82) is 0 Å². The van der Waals surface area contributed by atoms with E-state index in [1.165, 1.54) is 0 Å². The third-order valence-electron chi connectivity index (χ3n) is 4.71. The summed E-state index contributed by atoms with van der Waals surface area (Å²) in [6.07, 6.45) is 0. The van der Waals surface area contributed by atoms with Crippen LogP contribution in [0.2, 0.25) is 5.02 Å². The molecule has 0 atom stereocenters. The standard InChI is InChI=1S/C20H24ClN3O3/c1-14-11-18(19(27-3)13-17(14)21)22-20(25)24-9-7-23(8-10-24)15-5-4-6-16(12-15)26-2/h4-6,11-13H,7-10H2,1-3H3,(H,22,25). The Morgan fingerprint density at radius 2 is 1.81 bits per heavy atom. The summed E-state index contributed by atoms with van der Waals surface area (Å²) in [6.45, 7) is 4.69. The van der Waals surface area contributed by atoms with Crippen LogP contribution in [0, 0.1) is 6.92 Å². The minimum atomic E-state index is -0.139. The van der Waals surface area contributed by atoms with Crippen LogP contribution in [0.25, 0.3) is 0 Å². The molecule has 1 fully saturated rings. The molecule has 0 spiro atoms. The molecular formula is C20H24ClN3O3. The van der Waals surface area contributed by atoms with E-state index in [1.807, 2.05) is 31.2 Å². The number of nitrogens with one attached hydrogen (secondary N) is 1. The van der Waals surface area contributed by atoms with Crippen molar-refractivity contribution in [2.24, 2.45) is 0 Å². The van der Waals surface area contributed by atoms with Gasteiger partial charge in [0.1, 0.15) is 11.5 Å². The molecule has 0 aliphatic carbocycles. The average Bonchev–Trinajstić information content (AvgIpc) is 2.70. The predicted molar refractivity (Wildman–Crippen MR) is 109 cm³/mol. The number of urea groups is 1. The number of anilines is 2. The van der Waals surface area contributed by atoms with Crippen LogP contribution in [0.4, 0.5) is 16.2 Å². The second-order valence-corrected chi connectivity index (χ2v) is 6.81. The molecule has 7 heteroatoms. The molecular weight excluding hydrogens is 366 g/mol. The highest BCUT2D eigenvalue weighted by molar-refractivity contribution is 6.31. The van der Waals surface area contributed by atoms with Crippen molar-refractivity contribution in [1.82, 2.24) is 4.90 Å². The lowest BCUT2D eigenvalue weighted by atomic mass is 10.2. The van der Waals surface area contributed by atoms with Gasteiger partial charge in [0.05, 0.1) is 19.9 Å². The number of hydrogen-bond acceptors (Lipinski definition) is 4. The molecule has 1 heterocycles. The molecule has 0 bridgehead atoms. The molecule has 1 aliphatic rings. The van der Waals surface area contributed by atoms with Crippen molar-refractivity contribution in [3.05, 3.63) is 47.0 Å². The molecule has 1 saturated heterocycles. The number of rotatable bonds is 4. The van der Waals surface area contributed by atoms with E-state index in [4.69, 9.17) is 21.1 Å². The third-order valence-corrected chi connectivity index (χ3v) is 5.11. The van der Waals surface area contributed by atoms with E-state index in [1.54, 1.807) is 25.2 Å². The molecule has 0 saturated carbocycles. The lowest BCUT2D eigenvalue weighted by Crippen LogP contribution is -2.50. The van der Waals surface area contributed by atoms with E-state index in [9.17, 15) is 4.79 Å². The van der Waals surface area contributed by atoms with Crippen LogP contribution in [-0.4, -0.2) is 51.3 Å². The summed E-state index contributed by atoms with van der Waals surface area (Å²) in [5, 5.41) is 3.55. The third kappa shape index (κ3) is 4.39. The van der Waals surface area contributed by atoms with Crippen molar-refractivity contribution in [3.8, 4) is 11.5 Å². The van der Waals surface area contributed by atoms with Gasteiger partial charge in [-0.15, -0.1) is 0 Å². The van der Waals surface area contributed by atoms with Gasteiger partial charge in [0.25, 0.3) is 0 Å². The summed E-state index contributed by atoms with van der Waals surface area (Å²) >= 11 is 6.13. The normalized spacial score (nSPS) is 14.1.